The molecule has 3 rings (SSSR count). The normalized spacial score (nSPS) is 19.5. The second kappa shape index (κ2) is 7.99. The third-order valence-electron chi connectivity index (χ3n) is 4.40. The first kappa shape index (κ1) is 17.9. The van der Waals surface area contributed by atoms with Crippen molar-refractivity contribution in [2.24, 2.45) is 0 Å². The number of aryl methyl sites for hydroxylation is 1. The third kappa shape index (κ3) is 4.02. The van der Waals surface area contributed by atoms with Crippen LogP contribution in [0.4, 0.5) is 0 Å². The second-order valence-corrected chi connectivity index (χ2v) is 6.31. The first-order chi connectivity index (χ1) is 12.6. The number of pyridine rings is 1. The van der Waals surface area contributed by atoms with E-state index in [4.69, 9.17) is 4.74 Å². The van der Waals surface area contributed by atoms with E-state index in [1.54, 1.807) is 12.1 Å². The standard InChI is InChI=1S/C20H23N3O3/c1-3-26-20-15(10-9-13(2)21-20)19(25)22-16-11-12-17(24)23-18(16)14-7-5-4-6-8-14/h4-10,16,18H,3,11-12H2,1-2H3,(H,22,25)(H,23,24)/t16-,18+/m1/s1. The lowest BCUT2D eigenvalue weighted by Crippen LogP contribution is -2.50. The van der Waals surface area contributed by atoms with Gasteiger partial charge in [0.2, 0.25) is 11.8 Å². The van der Waals surface area contributed by atoms with Crippen LogP contribution in [0.2, 0.25) is 0 Å². The van der Waals surface area contributed by atoms with Crippen LogP contribution in [0, 0.1) is 6.92 Å². The second-order valence-electron chi connectivity index (χ2n) is 6.31. The molecule has 2 aromatic rings. The molecule has 2 heterocycles. The predicted octanol–water partition coefficient (Wildman–Crippen LogP) is 2.54. The average molecular weight is 353 g/mol. The minimum atomic E-state index is -0.254. The molecule has 0 unspecified atom stereocenters. The van der Waals surface area contributed by atoms with Crippen LogP contribution in [0.5, 0.6) is 5.88 Å². The molecule has 0 radical (unpaired) electrons. The van der Waals surface area contributed by atoms with Gasteiger partial charge in [-0.25, -0.2) is 4.98 Å². The van der Waals surface area contributed by atoms with E-state index in [0.717, 1.165) is 11.3 Å². The van der Waals surface area contributed by atoms with E-state index in [-0.39, 0.29) is 23.9 Å². The van der Waals surface area contributed by atoms with E-state index in [9.17, 15) is 9.59 Å². The van der Waals surface area contributed by atoms with Gasteiger partial charge in [0, 0.05) is 12.1 Å². The maximum atomic E-state index is 12.8. The summed E-state index contributed by atoms with van der Waals surface area (Å²) in [6.07, 6.45) is 0.971. The van der Waals surface area contributed by atoms with Crippen molar-refractivity contribution in [1.82, 2.24) is 15.6 Å². The molecule has 1 aromatic heterocycles. The van der Waals surface area contributed by atoms with Gasteiger partial charge in [0.05, 0.1) is 18.7 Å². The minimum Gasteiger partial charge on any atom is -0.477 e. The van der Waals surface area contributed by atoms with Crippen LogP contribution in [0.1, 0.15) is 47.4 Å². The number of nitrogens with one attached hydrogen (secondary N) is 2. The number of aromatic nitrogens is 1. The van der Waals surface area contributed by atoms with Gasteiger partial charge >= 0.3 is 0 Å². The molecule has 6 heteroatoms. The van der Waals surface area contributed by atoms with Crippen LogP contribution >= 0.6 is 0 Å². The number of hydrogen-bond donors (Lipinski definition) is 2. The smallest absolute Gasteiger partial charge is 0.257 e. The highest BCUT2D eigenvalue weighted by Crippen LogP contribution is 2.25. The van der Waals surface area contributed by atoms with E-state index in [2.05, 4.69) is 15.6 Å². The zero-order valence-electron chi connectivity index (χ0n) is 15.0. The Balaban J connectivity index is 1.82. The number of piperidine rings is 1. The molecular formula is C20H23N3O3. The summed E-state index contributed by atoms with van der Waals surface area (Å²) in [7, 11) is 0. The molecule has 0 spiro atoms. The fourth-order valence-electron chi connectivity index (χ4n) is 3.13. The number of carbonyl (C=O) groups excluding carboxylic acids is 2. The van der Waals surface area contributed by atoms with Crippen LogP contribution in [0.25, 0.3) is 0 Å². The first-order valence-corrected chi connectivity index (χ1v) is 8.84. The van der Waals surface area contributed by atoms with Crippen LogP contribution in [-0.2, 0) is 4.79 Å². The Morgan fingerprint density at radius 3 is 2.77 bits per heavy atom. The Morgan fingerprint density at radius 1 is 1.27 bits per heavy atom. The summed E-state index contributed by atoms with van der Waals surface area (Å²) in [5.41, 5.74) is 2.16. The van der Waals surface area contributed by atoms with Gasteiger partial charge in [0.1, 0.15) is 5.56 Å². The largest absolute Gasteiger partial charge is 0.477 e. The van der Waals surface area contributed by atoms with Crippen molar-refractivity contribution in [3.8, 4) is 5.88 Å². The van der Waals surface area contributed by atoms with Crippen molar-refractivity contribution in [1.29, 1.82) is 0 Å². The number of carbonyl (C=O) groups is 2. The zero-order valence-corrected chi connectivity index (χ0v) is 15.0. The van der Waals surface area contributed by atoms with Gasteiger partial charge in [-0.1, -0.05) is 30.3 Å². The summed E-state index contributed by atoms with van der Waals surface area (Å²) >= 11 is 0. The summed E-state index contributed by atoms with van der Waals surface area (Å²) in [5, 5.41) is 6.04. The van der Waals surface area contributed by atoms with Crippen molar-refractivity contribution in [3.05, 3.63) is 59.3 Å². The highest BCUT2D eigenvalue weighted by molar-refractivity contribution is 5.96. The van der Waals surface area contributed by atoms with Gasteiger partial charge in [0.25, 0.3) is 5.91 Å². The van der Waals surface area contributed by atoms with Crippen LogP contribution in [-0.4, -0.2) is 29.4 Å². The van der Waals surface area contributed by atoms with E-state index in [0.29, 0.717) is 30.9 Å². The summed E-state index contributed by atoms with van der Waals surface area (Å²) in [6, 6.07) is 12.7. The van der Waals surface area contributed by atoms with E-state index >= 15 is 0 Å². The number of rotatable bonds is 5. The quantitative estimate of drug-likeness (QED) is 0.866. The van der Waals surface area contributed by atoms with Crippen molar-refractivity contribution < 1.29 is 14.3 Å². The fourth-order valence-corrected chi connectivity index (χ4v) is 3.13. The van der Waals surface area contributed by atoms with Crippen molar-refractivity contribution in [2.45, 2.75) is 38.8 Å². The van der Waals surface area contributed by atoms with Gasteiger partial charge in [-0.05, 0) is 38.0 Å². The van der Waals surface area contributed by atoms with Crippen molar-refractivity contribution in [3.63, 3.8) is 0 Å². The molecule has 0 aliphatic carbocycles. The molecular weight excluding hydrogens is 330 g/mol. The summed E-state index contributed by atoms with van der Waals surface area (Å²) in [6.45, 7) is 4.14. The van der Waals surface area contributed by atoms with Crippen molar-refractivity contribution in [2.75, 3.05) is 6.61 Å². The monoisotopic (exact) mass is 353 g/mol. The summed E-state index contributed by atoms with van der Waals surface area (Å²) in [5.74, 6) is 0.0838. The zero-order chi connectivity index (χ0) is 18.5. The molecule has 0 bridgehead atoms. The topological polar surface area (TPSA) is 80.3 Å². The Hall–Kier alpha value is -2.89. The molecule has 26 heavy (non-hydrogen) atoms. The van der Waals surface area contributed by atoms with E-state index in [1.807, 2.05) is 44.2 Å². The maximum Gasteiger partial charge on any atom is 0.257 e. The maximum absolute atomic E-state index is 12.8. The predicted molar refractivity (Wildman–Crippen MR) is 98.0 cm³/mol. The minimum absolute atomic E-state index is 0.00337. The molecule has 0 saturated carbocycles. The molecule has 2 atom stereocenters. The van der Waals surface area contributed by atoms with Gasteiger partial charge in [-0.2, -0.15) is 0 Å². The molecule has 1 aliphatic rings. The highest BCUT2D eigenvalue weighted by Gasteiger charge is 2.31. The first-order valence-electron chi connectivity index (χ1n) is 8.84. The van der Waals surface area contributed by atoms with E-state index in [1.165, 1.54) is 0 Å². The summed E-state index contributed by atoms with van der Waals surface area (Å²) < 4.78 is 5.51. The lowest BCUT2D eigenvalue weighted by Gasteiger charge is -2.33. The number of ether oxygens (including phenoxy) is 1. The lowest BCUT2D eigenvalue weighted by molar-refractivity contribution is -0.123. The Kier molecular flexibility index (Phi) is 5.51. The Labute approximate surface area is 153 Å². The lowest BCUT2D eigenvalue weighted by atomic mass is 9.91. The van der Waals surface area contributed by atoms with Crippen molar-refractivity contribution >= 4 is 11.8 Å². The average Bonchev–Trinajstić information content (AvgIpc) is 2.64. The van der Waals surface area contributed by atoms with Gasteiger partial charge in [-0.3, -0.25) is 9.59 Å². The highest BCUT2D eigenvalue weighted by atomic mass is 16.5. The molecule has 2 N–H and O–H groups in total. The number of amides is 2. The number of benzene rings is 1. The fraction of sp³-hybridized carbons (Fsp3) is 0.350. The van der Waals surface area contributed by atoms with Gasteiger partial charge < -0.3 is 15.4 Å². The number of hydrogen-bond acceptors (Lipinski definition) is 4. The molecule has 1 aliphatic heterocycles. The van der Waals surface area contributed by atoms with Crippen LogP contribution in [0.15, 0.2) is 42.5 Å². The molecule has 2 amide bonds. The SMILES string of the molecule is CCOc1nc(C)ccc1C(=O)N[C@@H]1CCC(=O)N[C@H]1c1ccccc1. The van der Waals surface area contributed by atoms with Crippen LogP contribution in [0.3, 0.4) is 0 Å². The van der Waals surface area contributed by atoms with E-state index < -0.39 is 0 Å². The molecule has 6 nitrogen and oxygen atoms in total. The van der Waals surface area contributed by atoms with Gasteiger partial charge in [-0.15, -0.1) is 0 Å². The van der Waals surface area contributed by atoms with Crippen LogP contribution < -0.4 is 15.4 Å². The molecule has 1 fully saturated rings. The summed E-state index contributed by atoms with van der Waals surface area (Å²) in [4.78, 5) is 29.0. The number of nitrogens with zero attached hydrogens (tertiary/aromatic N) is 1. The molecule has 1 aromatic carbocycles. The Bertz CT molecular complexity index is 792. The van der Waals surface area contributed by atoms with Gasteiger partial charge in [0.15, 0.2) is 0 Å². The third-order valence-corrected chi connectivity index (χ3v) is 4.40. The molecule has 136 valence electrons. The molecule has 1 saturated heterocycles. The Morgan fingerprint density at radius 2 is 2.04 bits per heavy atom.